The first-order valence-electron chi connectivity index (χ1n) is 8.38. The molecule has 0 unspecified atom stereocenters. The SMILES string of the molecule is CC(C)C(=O)OCC(=O)Nc1ccc(N2CCCCCC2)cc1. The Kier molecular flexibility index (Phi) is 6.44. The largest absolute Gasteiger partial charge is 0.455 e. The number of ether oxygens (including phenoxy) is 1. The molecule has 1 fully saturated rings. The molecule has 0 aliphatic carbocycles. The second-order valence-corrected chi connectivity index (χ2v) is 6.26. The Labute approximate surface area is 138 Å². The van der Waals surface area contributed by atoms with Crippen molar-refractivity contribution in [1.82, 2.24) is 0 Å². The molecule has 1 aliphatic rings. The third-order valence-electron chi connectivity index (χ3n) is 3.94. The van der Waals surface area contributed by atoms with Crippen LogP contribution in [0.25, 0.3) is 0 Å². The van der Waals surface area contributed by atoms with Crippen molar-refractivity contribution in [3.05, 3.63) is 24.3 Å². The number of rotatable bonds is 5. The Morgan fingerprint density at radius 3 is 2.26 bits per heavy atom. The number of carbonyl (C=O) groups excluding carboxylic acids is 2. The number of nitrogens with zero attached hydrogens (tertiary/aromatic N) is 1. The fraction of sp³-hybridized carbons (Fsp3) is 0.556. The van der Waals surface area contributed by atoms with Gasteiger partial charge in [0.2, 0.25) is 0 Å². The number of hydrogen-bond acceptors (Lipinski definition) is 4. The lowest BCUT2D eigenvalue weighted by Crippen LogP contribution is -2.24. The lowest BCUT2D eigenvalue weighted by molar-refractivity contribution is -0.150. The standard InChI is InChI=1S/C18H26N2O3/c1-14(2)18(22)23-13-17(21)19-15-7-9-16(10-8-15)20-11-5-3-4-6-12-20/h7-10,14H,3-6,11-13H2,1-2H3,(H,19,21). The summed E-state index contributed by atoms with van der Waals surface area (Å²) in [6.45, 7) is 5.42. The number of esters is 1. The molecule has 23 heavy (non-hydrogen) atoms. The van der Waals surface area contributed by atoms with Crippen molar-refractivity contribution >= 4 is 23.3 Å². The van der Waals surface area contributed by atoms with E-state index in [4.69, 9.17) is 4.74 Å². The van der Waals surface area contributed by atoms with Gasteiger partial charge in [0, 0.05) is 24.5 Å². The van der Waals surface area contributed by atoms with E-state index in [1.54, 1.807) is 13.8 Å². The molecule has 0 radical (unpaired) electrons. The van der Waals surface area contributed by atoms with E-state index in [0.717, 1.165) is 13.1 Å². The quantitative estimate of drug-likeness (QED) is 0.847. The highest BCUT2D eigenvalue weighted by Crippen LogP contribution is 2.21. The van der Waals surface area contributed by atoms with E-state index in [2.05, 4.69) is 10.2 Å². The predicted octanol–water partition coefficient (Wildman–Crippen LogP) is 3.20. The molecule has 0 aromatic heterocycles. The van der Waals surface area contributed by atoms with E-state index in [0.29, 0.717) is 5.69 Å². The minimum Gasteiger partial charge on any atom is -0.455 e. The van der Waals surface area contributed by atoms with Crippen LogP contribution in [0.4, 0.5) is 11.4 Å². The van der Waals surface area contributed by atoms with Crippen LogP contribution in [-0.2, 0) is 14.3 Å². The van der Waals surface area contributed by atoms with Crippen molar-refractivity contribution in [1.29, 1.82) is 0 Å². The van der Waals surface area contributed by atoms with Gasteiger partial charge in [-0.1, -0.05) is 26.7 Å². The number of benzene rings is 1. The Morgan fingerprint density at radius 1 is 1.09 bits per heavy atom. The topological polar surface area (TPSA) is 58.6 Å². The zero-order valence-electron chi connectivity index (χ0n) is 14.0. The van der Waals surface area contributed by atoms with E-state index in [-0.39, 0.29) is 24.4 Å². The maximum atomic E-state index is 11.8. The lowest BCUT2D eigenvalue weighted by Gasteiger charge is -2.22. The third-order valence-corrected chi connectivity index (χ3v) is 3.94. The average molecular weight is 318 g/mol. The lowest BCUT2D eigenvalue weighted by atomic mass is 10.2. The van der Waals surface area contributed by atoms with Gasteiger partial charge in [-0.3, -0.25) is 9.59 Å². The highest BCUT2D eigenvalue weighted by molar-refractivity contribution is 5.93. The van der Waals surface area contributed by atoms with Crippen LogP contribution in [0.15, 0.2) is 24.3 Å². The number of nitrogens with one attached hydrogen (secondary N) is 1. The molecule has 1 amide bonds. The van der Waals surface area contributed by atoms with Crippen molar-refractivity contribution in [2.45, 2.75) is 39.5 Å². The molecule has 1 N–H and O–H groups in total. The monoisotopic (exact) mass is 318 g/mol. The Balaban J connectivity index is 1.84. The van der Waals surface area contributed by atoms with Crippen molar-refractivity contribution in [3.8, 4) is 0 Å². The van der Waals surface area contributed by atoms with Gasteiger partial charge in [0.05, 0.1) is 5.92 Å². The van der Waals surface area contributed by atoms with Crippen molar-refractivity contribution in [3.63, 3.8) is 0 Å². The molecule has 5 nitrogen and oxygen atoms in total. The number of amides is 1. The van der Waals surface area contributed by atoms with Crippen LogP contribution >= 0.6 is 0 Å². The average Bonchev–Trinajstić information content (AvgIpc) is 2.82. The highest BCUT2D eigenvalue weighted by Gasteiger charge is 2.12. The first-order chi connectivity index (χ1) is 11.1. The molecule has 126 valence electrons. The third kappa shape index (κ3) is 5.58. The second-order valence-electron chi connectivity index (χ2n) is 6.26. The predicted molar refractivity (Wildman–Crippen MR) is 91.5 cm³/mol. The maximum absolute atomic E-state index is 11.8. The van der Waals surface area contributed by atoms with Crippen LogP contribution in [0.5, 0.6) is 0 Å². The van der Waals surface area contributed by atoms with Crippen LogP contribution < -0.4 is 10.2 Å². The first kappa shape index (κ1) is 17.3. The van der Waals surface area contributed by atoms with Crippen LogP contribution in [0.3, 0.4) is 0 Å². The van der Waals surface area contributed by atoms with Gasteiger partial charge in [0.1, 0.15) is 0 Å². The zero-order chi connectivity index (χ0) is 16.7. The van der Waals surface area contributed by atoms with Crippen LogP contribution in [0, 0.1) is 5.92 Å². The first-order valence-corrected chi connectivity index (χ1v) is 8.38. The fourth-order valence-electron chi connectivity index (χ4n) is 2.58. The Hall–Kier alpha value is -2.04. The molecular weight excluding hydrogens is 292 g/mol. The van der Waals surface area contributed by atoms with E-state index in [9.17, 15) is 9.59 Å². The number of anilines is 2. The van der Waals surface area contributed by atoms with Gasteiger partial charge < -0.3 is 15.0 Å². The van der Waals surface area contributed by atoms with E-state index < -0.39 is 0 Å². The van der Waals surface area contributed by atoms with Crippen molar-refractivity contribution in [2.24, 2.45) is 5.92 Å². The van der Waals surface area contributed by atoms with Crippen molar-refractivity contribution < 1.29 is 14.3 Å². The molecular formula is C18H26N2O3. The molecule has 0 spiro atoms. The summed E-state index contributed by atoms with van der Waals surface area (Å²) < 4.78 is 4.91. The minimum atomic E-state index is -0.364. The summed E-state index contributed by atoms with van der Waals surface area (Å²) in [6, 6.07) is 7.84. The van der Waals surface area contributed by atoms with Crippen LogP contribution in [-0.4, -0.2) is 31.6 Å². The molecule has 0 saturated carbocycles. The van der Waals surface area contributed by atoms with Gasteiger partial charge in [-0.25, -0.2) is 0 Å². The molecule has 1 saturated heterocycles. The fourth-order valence-corrected chi connectivity index (χ4v) is 2.58. The van der Waals surface area contributed by atoms with Gasteiger partial charge in [0.15, 0.2) is 6.61 Å². The summed E-state index contributed by atoms with van der Waals surface area (Å²) in [4.78, 5) is 25.5. The highest BCUT2D eigenvalue weighted by atomic mass is 16.5. The van der Waals surface area contributed by atoms with Crippen molar-refractivity contribution in [2.75, 3.05) is 29.9 Å². The normalized spacial score (nSPS) is 15.2. The van der Waals surface area contributed by atoms with E-state index in [1.165, 1.54) is 31.4 Å². The molecule has 1 heterocycles. The smallest absolute Gasteiger partial charge is 0.308 e. The number of hydrogen-bond donors (Lipinski definition) is 1. The van der Waals surface area contributed by atoms with E-state index >= 15 is 0 Å². The van der Waals surface area contributed by atoms with Crippen LogP contribution in [0.2, 0.25) is 0 Å². The molecule has 0 bridgehead atoms. The maximum Gasteiger partial charge on any atom is 0.308 e. The summed E-state index contributed by atoms with van der Waals surface area (Å²) >= 11 is 0. The summed E-state index contributed by atoms with van der Waals surface area (Å²) in [7, 11) is 0. The summed E-state index contributed by atoms with van der Waals surface area (Å²) in [5.74, 6) is -0.908. The molecule has 1 aliphatic heterocycles. The number of carbonyl (C=O) groups is 2. The van der Waals surface area contributed by atoms with Gasteiger partial charge in [-0.05, 0) is 37.1 Å². The molecule has 1 aromatic rings. The minimum absolute atomic E-state index is 0.226. The van der Waals surface area contributed by atoms with E-state index in [1.807, 2.05) is 24.3 Å². The Morgan fingerprint density at radius 2 is 1.70 bits per heavy atom. The molecule has 1 aromatic carbocycles. The molecule has 2 rings (SSSR count). The Bertz CT molecular complexity index is 518. The molecule has 0 atom stereocenters. The summed E-state index contributed by atoms with van der Waals surface area (Å²) in [5.41, 5.74) is 1.91. The van der Waals surface area contributed by atoms with Gasteiger partial charge >= 0.3 is 5.97 Å². The van der Waals surface area contributed by atoms with Crippen LogP contribution in [0.1, 0.15) is 39.5 Å². The molecule has 5 heteroatoms. The zero-order valence-corrected chi connectivity index (χ0v) is 14.0. The summed E-state index contributed by atoms with van der Waals surface area (Å²) in [5, 5.41) is 2.74. The summed E-state index contributed by atoms with van der Waals surface area (Å²) in [6.07, 6.45) is 5.08. The van der Waals surface area contributed by atoms with Gasteiger partial charge in [-0.15, -0.1) is 0 Å². The second kappa shape index (κ2) is 8.56. The van der Waals surface area contributed by atoms with Gasteiger partial charge in [0.25, 0.3) is 5.91 Å². The van der Waals surface area contributed by atoms with Gasteiger partial charge in [-0.2, -0.15) is 0 Å².